The second kappa shape index (κ2) is 9.01. The highest BCUT2D eigenvalue weighted by molar-refractivity contribution is 6.19. The normalized spacial score (nSPS) is 16.9. The number of hydrogen-bond donors (Lipinski definition) is 1. The Kier molecular flexibility index (Phi) is 5.75. The molecule has 2 saturated heterocycles. The number of urea groups is 1. The number of para-hydroxylation sites is 1. The highest BCUT2D eigenvalue weighted by Crippen LogP contribution is 2.27. The molecule has 2 fully saturated rings. The molecule has 2 aromatic carbocycles. The molecule has 0 atom stereocenters. The van der Waals surface area contributed by atoms with Crippen LogP contribution in [-0.4, -0.2) is 70.6 Å². The second-order valence-electron chi connectivity index (χ2n) is 8.40. The van der Waals surface area contributed by atoms with Crippen LogP contribution in [0.2, 0.25) is 0 Å². The summed E-state index contributed by atoms with van der Waals surface area (Å²) < 4.78 is 5.26. The van der Waals surface area contributed by atoms with Gasteiger partial charge in [-0.15, -0.1) is 0 Å². The van der Waals surface area contributed by atoms with Gasteiger partial charge in [0.15, 0.2) is 0 Å². The van der Waals surface area contributed by atoms with E-state index in [4.69, 9.17) is 4.74 Å². The number of aromatic amines is 1. The van der Waals surface area contributed by atoms with E-state index in [2.05, 4.69) is 10.2 Å². The molecule has 2 aliphatic heterocycles. The van der Waals surface area contributed by atoms with Crippen molar-refractivity contribution in [3.63, 3.8) is 0 Å². The first-order chi connectivity index (χ1) is 16.5. The summed E-state index contributed by atoms with van der Waals surface area (Å²) >= 11 is 0. The lowest BCUT2D eigenvalue weighted by Gasteiger charge is -2.35. The second-order valence-corrected chi connectivity index (χ2v) is 8.40. The fourth-order valence-electron chi connectivity index (χ4n) is 4.55. The van der Waals surface area contributed by atoms with Crippen molar-refractivity contribution in [2.24, 2.45) is 0 Å². The maximum atomic E-state index is 13.0. The Hall–Kier alpha value is -4.14. The van der Waals surface area contributed by atoms with Gasteiger partial charge in [0, 0.05) is 24.7 Å². The number of piperidine rings is 1. The van der Waals surface area contributed by atoms with Gasteiger partial charge in [0.2, 0.25) is 0 Å². The lowest BCUT2D eigenvalue weighted by Crippen LogP contribution is -2.48. The van der Waals surface area contributed by atoms with Gasteiger partial charge in [-0.3, -0.25) is 14.7 Å². The Bertz CT molecular complexity index is 1220. The number of carbonyl (C=O) groups is 3. The molecule has 3 aromatic rings. The minimum absolute atomic E-state index is 0.0663. The molecule has 0 spiro atoms. The SMILES string of the molecule is COc1cccc(-c2cc(C(=O)N3CCC(N4CC(=O)N(c5ccccc5)C4=O)CC3)[nH]n2)c1. The molecule has 9 nitrogen and oxygen atoms in total. The molecule has 1 N–H and O–H groups in total. The summed E-state index contributed by atoms with van der Waals surface area (Å²) in [6.07, 6.45) is 1.23. The minimum Gasteiger partial charge on any atom is -0.497 e. The zero-order valence-electron chi connectivity index (χ0n) is 18.8. The molecular weight excluding hydrogens is 434 g/mol. The van der Waals surface area contributed by atoms with Crippen LogP contribution in [0.15, 0.2) is 60.7 Å². The van der Waals surface area contributed by atoms with Crippen molar-refractivity contribution in [2.75, 3.05) is 31.6 Å². The maximum Gasteiger partial charge on any atom is 0.332 e. The Labute approximate surface area is 196 Å². The van der Waals surface area contributed by atoms with E-state index in [0.29, 0.717) is 43.0 Å². The molecule has 0 unspecified atom stereocenters. The summed E-state index contributed by atoms with van der Waals surface area (Å²) in [4.78, 5) is 43.2. The van der Waals surface area contributed by atoms with E-state index in [1.54, 1.807) is 47.2 Å². The molecule has 5 rings (SSSR count). The third-order valence-electron chi connectivity index (χ3n) is 6.37. The molecule has 2 aliphatic rings. The Morgan fingerprint density at radius 2 is 1.79 bits per heavy atom. The van der Waals surface area contributed by atoms with E-state index in [0.717, 1.165) is 11.3 Å². The van der Waals surface area contributed by atoms with Crippen molar-refractivity contribution >= 4 is 23.5 Å². The zero-order valence-corrected chi connectivity index (χ0v) is 18.8. The number of rotatable bonds is 5. The molecule has 0 radical (unpaired) electrons. The van der Waals surface area contributed by atoms with Crippen LogP contribution >= 0.6 is 0 Å². The van der Waals surface area contributed by atoms with E-state index in [-0.39, 0.29) is 30.4 Å². The molecule has 0 saturated carbocycles. The topological polar surface area (TPSA) is 98.8 Å². The van der Waals surface area contributed by atoms with Gasteiger partial charge in [0.1, 0.15) is 18.0 Å². The number of nitrogens with one attached hydrogen (secondary N) is 1. The number of nitrogens with zero attached hydrogens (tertiary/aromatic N) is 4. The number of anilines is 1. The summed E-state index contributed by atoms with van der Waals surface area (Å²) in [7, 11) is 1.60. The number of H-pyrrole nitrogens is 1. The van der Waals surface area contributed by atoms with Crippen LogP contribution < -0.4 is 9.64 Å². The quantitative estimate of drug-likeness (QED) is 0.591. The summed E-state index contributed by atoms with van der Waals surface area (Å²) in [6.45, 7) is 1.07. The lowest BCUT2D eigenvalue weighted by atomic mass is 10.0. The molecule has 9 heteroatoms. The number of imide groups is 1. The average molecular weight is 460 g/mol. The van der Waals surface area contributed by atoms with Crippen molar-refractivity contribution < 1.29 is 19.1 Å². The molecule has 0 aliphatic carbocycles. The lowest BCUT2D eigenvalue weighted by molar-refractivity contribution is -0.116. The molecular formula is C25H25N5O4. The van der Waals surface area contributed by atoms with Crippen LogP contribution in [0.4, 0.5) is 10.5 Å². The summed E-state index contributed by atoms with van der Waals surface area (Å²) in [5.41, 5.74) is 2.52. The molecule has 34 heavy (non-hydrogen) atoms. The number of ether oxygens (including phenoxy) is 1. The summed E-state index contributed by atoms with van der Waals surface area (Å²) in [5, 5.41) is 7.13. The van der Waals surface area contributed by atoms with E-state index >= 15 is 0 Å². The first-order valence-corrected chi connectivity index (χ1v) is 11.2. The fourth-order valence-corrected chi connectivity index (χ4v) is 4.55. The van der Waals surface area contributed by atoms with Crippen molar-refractivity contribution in [3.05, 3.63) is 66.4 Å². The van der Waals surface area contributed by atoms with E-state index in [1.165, 1.54) is 4.90 Å². The fraction of sp³-hybridized carbons (Fsp3) is 0.280. The van der Waals surface area contributed by atoms with Gasteiger partial charge in [0.25, 0.3) is 11.8 Å². The van der Waals surface area contributed by atoms with Gasteiger partial charge in [-0.25, -0.2) is 9.69 Å². The van der Waals surface area contributed by atoms with Crippen LogP contribution in [0.3, 0.4) is 0 Å². The van der Waals surface area contributed by atoms with Gasteiger partial charge in [0.05, 0.1) is 18.5 Å². The van der Waals surface area contributed by atoms with Gasteiger partial charge in [-0.05, 0) is 43.2 Å². The maximum absolute atomic E-state index is 13.0. The molecule has 3 heterocycles. The number of benzene rings is 2. The zero-order chi connectivity index (χ0) is 23.7. The van der Waals surface area contributed by atoms with Crippen molar-refractivity contribution in [1.82, 2.24) is 20.0 Å². The molecule has 1 aromatic heterocycles. The largest absolute Gasteiger partial charge is 0.497 e. The van der Waals surface area contributed by atoms with E-state index in [9.17, 15) is 14.4 Å². The first-order valence-electron chi connectivity index (χ1n) is 11.2. The predicted molar refractivity (Wildman–Crippen MR) is 126 cm³/mol. The number of aromatic nitrogens is 2. The summed E-state index contributed by atoms with van der Waals surface area (Å²) in [5.74, 6) is 0.364. The van der Waals surface area contributed by atoms with E-state index in [1.807, 2.05) is 30.3 Å². The van der Waals surface area contributed by atoms with Crippen LogP contribution in [0.25, 0.3) is 11.3 Å². The Morgan fingerprint density at radius 3 is 2.53 bits per heavy atom. The number of likely N-dealkylation sites (tertiary alicyclic amines) is 1. The van der Waals surface area contributed by atoms with Gasteiger partial charge >= 0.3 is 6.03 Å². The van der Waals surface area contributed by atoms with Crippen LogP contribution in [0, 0.1) is 0 Å². The predicted octanol–water partition coefficient (Wildman–Crippen LogP) is 3.16. The van der Waals surface area contributed by atoms with Gasteiger partial charge in [-0.1, -0.05) is 30.3 Å². The van der Waals surface area contributed by atoms with Crippen LogP contribution in [0.1, 0.15) is 23.3 Å². The summed E-state index contributed by atoms with van der Waals surface area (Å²) in [6, 6.07) is 17.8. The van der Waals surface area contributed by atoms with Crippen molar-refractivity contribution in [3.8, 4) is 17.0 Å². The number of methoxy groups -OCH3 is 1. The van der Waals surface area contributed by atoms with Crippen molar-refractivity contribution in [1.29, 1.82) is 0 Å². The number of carbonyl (C=O) groups excluding carboxylic acids is 3. The molecule has 174 valence electrons. The third kappa shape index (κ3) is 4.00. The Morgan fingerprint density at radius 1 is 1.03 bits per heavy atom. The number of amides is 4. The standard InChI is InChI=1S/C25H25N5O4/c1-34-20-9-5-6-17(14-20)21-15-22(27-26-21)24(32)28-12-10-18(11-13-28)29-16-23(31)30(25(29)33)19-7-3-2-4-8-19/h2-9,14-15,18H,10-13,16H2,1H3,(H,26,27). The minimum atomic E-state index is -0.294. The molecule has 4 amide bonds. The van der Waals surface area contributed by atoms with Crippen LogP contribution in [-0.2, 0) is 4.79 Å². The monoisotopic (exact) mass is 459 g/mol. The van der Waals surface area contributed by atoms with Gasteiger partial charge < -0.3 is 14.5 Å². The Balaban J connectivity index is 1.22. The van der Waals surface area contributed by atoms with Gasteiger partial charge in [-0.2, -0.15) is 5.10 Å². The first kappa shape index (κ1) is 21.7. The van der Waals surface area contributed by atoms with E-state index < -0.39 is 0 Å². The highest BCUT2D eigenvalue weighted by atomic mass is 16.5. The van der Waals surface area contributed by atoms with Crippen molar-refractivity contribution in [2.45, 2.75) is 18.9 Å². The third-order valence-corrected chi connectivity index (χ3v) is 6.37. The smallest absolute Gasteiger partial charge is 0.332 e. The number of hydrogen-bond acceptors (Lipinski definition) is 5. The molecule has 0 bridgehead atoms. The van der Waals surface area contributed by atoms with Crippen LogP contribution in [0.5, 0.6) is 5.75 Å². The highest BCUT2D eigenvalue weighted by Gasteiger charge is 2.41. The average Bonchev–Trinajstić information content (AvgIpc) is 3.49.